The Morgan fingerprint density at radius 2 is 1.78 bits per heavy atom. The number of quaternary nitrogens is 1. The molecule has 0 bridgehead atoms. The Labute approximate surface area is 160 Å². The molecule has 2 aromatic carbocycles. The van der Waals surface area contributed by atoms with E-state index in [0.29, 0.717) is 12.6 Å². The summed E-state index contributed by atoms with van der Waals surface area (Å²) in [6.45, 7) is 1.56. The van der Waals surface area contributed by atoms with Gasteiger partial charge < -0.3 is 14.8 Å². The Morgan fingerprint density at radius 1 is 1.04 bits per heavy atom. The molecule has 2 heterocycles. The van der Waals surface area contributed by atoms with Gasteiger partial charge in [-0.05, 0) is 35.4 Å². The maximum absolute atomic E-state index is 12.6. The fraction of sp³-hybridized carbons (Fsp3) is 0.261. The summed E-state index contributed by atoms with van der Waals surface area (Å²) < 4.78 is 2.18. The fourth-order valence-electron chi connectivity index (χ4n) is 4.10. The topological polar surface area (TPSA) is 38.5 Å². The summed E-state index contributed by atoms with van der Waals surface area (Å²) in [5.41, 5.74) is 4.51. The van der Waals surface area contributed by atoms with Crippen molar-refractivity contribution < 1.29 is 9.69 Å². The maximum atomic E-state index is 12.6. The van der Waals surface area contributed by atoms with Crippen molar-refractivity contribution in [1.82, 2.24) is 4.57 Å². The van der Waals surface area contributed by atoms with Crippen LogP contribution in [0.3, 0.4) is 0 Å². The Morgan fingerprint density at radius 3 is 2.48 bits per heavy atom. The number of likely N-dealkylation sites (tertiary alicyclic amines) is 1. The lowest BCUT2D eigenvalue weighted by atomic mass is 10.1. The number of aryl methyl sites for hydroxylation is 1. The number of nitrogens with zero attached hydrogens (tertiary/aromatic N) is 1. The van der Waals surface area contributed by atoms with Crippen molar-refractivity contribution in [2.45, 2.75) is 18.9 Å². The monoisotopic (exact) mass is 360 g/mol. The summed E-state index contributed by atoms with van der Waals surface area (Å²) >= 11 is 0. The zero-order valence-electron chi connectivity index (χ0n) is 15.7. The van der Waals surface area contributed by atoms with Gasteiger partial charge in [-0.2, -0.15) is 0 Å². The van der Waals surface area contributed by atoms with Crippen LogP contribution in [0.15, 0.2) is 72.9 Å². The third kappa shape index (κ3) is 3.96. The van der Waals surface area contributed by atoms with Crippen molar-refractivity contribution in [3.8, 4) is 11.1 Å². The van der Waals surface area contributed by atoms with E-state index in [1.165, 1.54) is 22.6 Å². The van der Waals surface area contributed by atoms with Crippen LogP contribution < -0.4 is 10.2 Å². The number of nitrogens with one attached hydrogen (secondary N) is 2. The fourth-order valence-corrected chi connectivity index (χ4v) is 4.10. The lowest BCUT2D eigenvalue weighted by Gasteiger charge is -2.21. The van der Waals surface area contributed by atoms with Gasteiger partial charge >= 0.3 is 0 Å². The van der Waals surface area contributed by atoms with Crippen LogP contribution in [0, 0.1) is 0 Å². The highest BCUT2D eigenvalue weighted by Crippen LogP contribution is 2.21. The molecule has 4 heteroatoms. The van der Waals surface area contributed by atoms with Gasteiger partial charge in [-0.15, -0.1) is 0 Å². The molecule has 4 nitrogen and oxygen atoms in total. The van der Waals surface area contributed by atoms with Crippen LogP contribution in [0.5, 0.6) is 0 Å². The second-order valence-corrected chi connectivity index (χ2v) is 7.32. The highest BCUT2D eigenvalue weighted by Gasteiger charge is 2.32. The number of carbonyl (C=O) groups is 1. The van der Waals surface area contributed by atoms with Gasteiger partial charge in [0.05, 0.1) is 12.2 Å². The van der Waals surface area contributed by atoms with Gasteiger partial charge in [0.15, 0.2) is 6.54 Å². The molecule has 0 saturated carbocycles. The van der Waals surface area contributed by atoms with E-state index < -0.39 is 0 Å². The molecule has 2 N–H and O–H groups in total. The van der Waals surface area contributed by atoms with Gasteiger partial charge in [0.2, 0.25) is 0 Å². The first-order valence-electron chi connectivity index (χ1n) is 9.62. The molecule has 4 rings (SSSR count). The smallest absolute Gasteiger partial charge is 0.279 e. The number of aromatic nitrogens is 1. The van der Waals surface area contributed by atoms with E-state index >= 15 is 0 Å². The standard InChI is InChI=1S/C23H25N3O/c1-25-15-5-9-21(25)22-10-6-16-26(22)17-23(27)24-20-13-11-19(12-14-20)18-7-3-2-4-8-18/h2-5,7-9,11-15,22H,6,10,16-17H2,1H3,(H,24,27)/p+1/t22-/m0/s1. The maximum Gasteiger partial charge on any atom is 0.279 e. The van der Waals surface area contributed by atoms with E-state index in [0.717, 1.165) is 24.2 Å². The molecule has 1 fully saturated rings. The number of hydrogen-bond donors (Lipinski definition) is 2. The molecule has 3 aromatic rings. The third-order valence-electron chi connectivity index (χ3n) is 5.49. The molecular formula is C23H26N3O+. The first-order valence-corrected chi connectivity index (χ1v) is 9.62. The first kappa shape index (κ1) is 17.6. The Bertz CT molecular complexity index is 899. The van der Waals surface area contributed by atoms with E-state index in [1.807, 2.05) is 30.3 Å². The Kier molecular flexibility index (Phi) is 5.07. The van der Waals surface area contributed by atoms with Crippen LogP contribution in [0.25, 0.3) is 11.1 Å². The van der Waals surface area contributed by atoms with E-state index in [-0.39, 0.29) is 5.91 Å². The van der Waals surface area contributed by atoms with Crippen LogP contribution in [0.4, 0.5) is 5.69 Å². The minimum atomic E-state index is 0.0820. The van der Waals surface area contributed by atoms with Crippen LogP contribution in [0.1, 0.15) is 24.6 Å². The molecule has 27 heavy (non-hydrogen) atoms. The lowest BCUT2D eigenvalue weighted by molar-refractivity contribution is -0.910. The van der Waals surface area contributed by atoms with E-state index in [1.54, 1.807) is 0 Å². The van der Waals surface area contributed by atoms with Crippen molar-refractivity contribution in [3.05, 3.63) is 78.6 Å². The molecule has 1 amide bonds. The molecule has 0 spiro atoms. The summed E-state index contributed by atoms with van der Waals surface area (Å²) in [4.78, 5) is 13.9. The summed E-state index contributed by atoms with van der Waals surface area (Å²) in [6, 6.07) is 23.0. The molecule has 0 radical (unpaired) electrons. The lowest BCUT2D eigenvalue weighted by Crippen LogP contribution is -3.11. The molecule has 1 saturated heterocycles. The van der Waals surface area contributed by atoms with Crippen LogP contribution in [0.2, 0.25) is 0 Å². The largest absolute Gasteiger partial charge is 0.350 e. The molecule has 1 aromatic heterocycles. The highest BCUT2D eigenvalue weighted by molar-refractivity contribution is 5.91. The number of rotatable bonds is 5. The van der Waals surface area contributed by atoms with Gasteiger partial charge in [-0.3, -0.25) is 4.79 Å². The zero-order valence-corrected chi connectivity index (χ0v) is 15.7. The molecule has 1 aliphatic rings. The van der Waals surface area contributed by atoms with Gasteiger partial charge in [-0.1, -0.05) is 42.5 Å². The summed E-state index contributed by atoms with van der Waals surface area (Å²) in [5.74, 6) is 0.0820. The number of amides is 1. The molecule has 138 valence electrons. The average Bonchev–Trinajstić information content (AvgIpc) is 3.31. The summed E-state index contributed by atoms with van der Waals surface area (Å²) in [6.07, 6.45) is 4.40. The number of benzene rings is 2. The predicted molar refractivity (Wildman–Crippen MR) is 109 cm³/mol. The van der Waals surface area contributed by atoms with E-state index in [4.69, 9.17) is 0 Å². The van der Waals surface area contributed by atoms with Crippen molar-refractivity contribution >= 4 is 11.6 Å². The number of anilines is 1. The minimum absolute atomic E-state index is 0.0820. The van der Waals surface area contributed by atoms with Crippen molar-refractivity contribution in [1.29, 1.82) is 0 Å². The normalized spacial score (nSPS) is 19.1. The van der Waals surface area contributed by atoms with Crippen LogP contribution in [-0.2, 0) is 11.8 Å². The predicted octanol–water partition coefficient (Wildman–Crippen LogP) is 3.05. The van der Waals surface area contributed by atoms with Gasteiger partial charge in [0.25, 0.3) is 5.91 Å². The molecular weight excluding hydrogens is 334 g/mol. The average molecular weight is 360 g/mol. The van der Waals surface area contributed by atoms with Crippen LogP contribution in [-0.4, -0.2) is 23.6 Å². The second-order valence-electron chi connectivity index (χ2n) is 7.32. The van der Waals surface area contributed by atoms with Gasteiger partial charge in [0, 0.05) is 31.8 Å². The molecule has 1 aliphatic heterocycles. The van der Waals surface area contributed by atoms with E-state index in [2.05, 4.69) is 59.5 Å². The third-order valence-corrected chi connectivity index (χ3v) is 5.49. The minimum Gasteiger partial charge on any atom is -0.350 e. The zero-order chi connectivity index (χ0) is 18.6. The Hall–Kier alpha value is -2.85. The highest BCUT2D eigenvalue weighted by atomic mass is 16.2. The van der Waals surface area contributed by atoms with Crippen molar-refractivity contribution in [3.63, 3.8) is 0 Å². The van der Waals surface area contributed by atoms with Crippen molar-refractivity contribution in [2.75, 3.05) is 18.4 Å². The van der Waals surface area contributed by atoms with Crippen molar-refractivity contribution in [2.24, 2.45) is 7.05 Å². The summed E-state index contributed by atoms with van der Waals surface area (Å²) in [7, 11) is 2.08. The second kappa shape index (κ2) is 7.80. The van der Waals surface area contributed by atoms with Crippen LogP contribution >= 0.6 is 0 Å². The molecule has 0 aliphatic carbocycles. The number of hydrogen-bond acceptors (Lipinski definition) is 1. The Balaban J connectivity index is 1.38. The van der Waals surface area contributed by atoms with Gasteiger partial charge in [0.1, 0.15) is 6.04 Å². The SMILES string of the molecule is Cn1cccc1[C@@H]1CCC[NH+]1CC(=O)Nc1ccc(-c2ccccc2)cc1. The quantitative estimate of drug-likeness (QED) is 0.721. The first-order chi connectivity index (χ1) is 13.2. The van der Waals surface area contributed by atoms with Gasteiger partial charge in [-0.25, -0.2) is 0 Å². The van der Waals surface area contributed by atoms with E-state index in [9.17, 15) is 4.79 Å². The molecule has 1 unspecified atom stereocenters. The molecule has 2 atom stereocenters. The summed E-state index contributed by atoms with van der Waals surface area (Å²) in [5, 5.41) is 3.06. The number of carbonyl (C=O) groups excluding carboxylic acids is 1.